The zero-order chi connectivity index (χ0) is 26.8. The fraction of sp³-hybridized carbons (Fsp3) is 0.618. The topological polar surface area (TPSA) is 57.5 Å². The minimum atomic E-state index is -0.633. The van der Waals surface area contributed by atoms with Crippen molar-refractivity contribution in [2.24, 2.45) is 23.2 Å². The van der Waals surface area contributed by atoms with E-state index in [1.165, 1.54) is 31.3 Å². The molecule has 0 saturated heterocycles. The lowest BCUT2D eigenvalue weighted by Crippen LogP contribution is -2.36. The van der Waals surface area contributed by atoms with Gasteiger partial charge in [0, 0.05) is 18.3 Å². The zero-order valence-corrected chi connectivity index (χ0v) is 23.5. The second-order valence-electron chi connectivity index (χ2n) is 12.9. The molecule has 6 atom stereocenters. The molecular formula is C34H48O3. The van der Waals surface area contributed by atoms with Crippen molar-refractivity contribution in [2.75, 3.05) is 0 Å². The first-order valence-corrected chi connectivity index (χ1v) is 14.6. The van der Waals surface area contributed by atoms with Crippen LogP contribution in [0, 0.1) is 23.2 Å². The Morgan fingerprint density at radius 3 is 2.65 bits per heavy atom. The average molecular weight is 505 g/mol. The summed E-state index contributed by atoms with van der Waals surface area (Å²) in [6.45, 7) is 13.1. The molecule has 0 spiro atoms. The summed E-state index contributed by atoms with van der Waals surface area (Å²) in [4.78, 5) is 13.1. The average Bonchev–Trinajstić information content (AvgIpc) is 3.23. The van der Waals surface area contributed by atoms with Gasteiger partial charge in [-0.25, -0.2) is 0 Å². The number of rotatable bonds is 8. The molecule has 2 N–H and O–H groups in total. The predicted molar refractivity (Wildman–Crippen MR) is 152 cm³/mol. The summed E-state index contributed by atoms with van der Waals surface area (Å²) in [5, 5.41) is 20.3. The van der Waals surface area contributed by atoms with E-state index in [9.17, 15) is 15.0 Å². The molecule has 3 nitrogen and oxygen atoms in total. The molecule has 0 aliphatic heterocycles. The normalized spacial score (nSPS) is 33.5. The van der Waals surface area contributed by atoms with Crippen LogP contribution in [-0.4, -0.2) is 28.2 Å². The summed E-state index contributed by atoms with van der Waals surface area (Å²) < 4.78 is 0. The molecule has 3 saturated carbocycles. The van der Waals surface area contributed by atoms with Gasteiger partial charge in [-0.05, 0) is 98.7 Å². The van der Waals surface area contributed by atoms with Crippen LogP contribution in [0.2, 0.25) is 0 Å². The van der Waals surface area contributed by atoms with Crippen LogP contribution < -0.4 is 0 Å². The van der Waals surface area contributed by atoms with E-state index in [0.29, 0.717) is 48.2 Å². The van der Waals surface area contributed by atoms with E-state index in [1.807, 2.05) is 18.2 Å². The molecule has 37 heavy (non-hydrogen) atoms. The summed E-state index contributed by atoms with van der Waals surface area (Å²) in [5.74, 6) is 2.26. The lowest BCUT2D eigenvalue weighted by Gasteiger charge is -2.44. The number of allylic oxidation sites excluding steroid dienone is 3. The molecule has 0 aromatic heterocycles. The number of aliphatic hydroxyl groups excluding tert-OH is 2. The Morgan fingerprint density at radius 1 is 1.19 bits per heavy atom. The Balaban J connectivity index is 1.37. The number of ketones is 1. The molecule has 3 aliphatic carbocycles. The quantitative estimate of drug-likeness (QED) is 0.386. The van der Waals surface area contributed by atoms with Crippen LogP contribution in [0.25, 0.3) is 0 Å². The van der Waals surface area contributed by atoms with E-state index >= 15 is 0 Å². The van der Waals surface area contributed by atoms with Crippen LogP contribution in [0.5, 0.6) is 0 Å². The Morgan fingerprint density at radius 2 is 1.92 bits per heavy atom. The van der Waals surface area contributed by atoms with E-state index in [1.54, 1.807) is 0 Å². The van der Waals surface area contributed by atoms with Crippen LogP contribution in [0.1, 0.15) is 97.5 Å². The first-order valence-electron chi connectivity index (χ1n) is 14.6. The highest BCUT2D eigenvalue weighted by molar-refractivity contribution is 5.89. The fourth-order valence-electron chi connectivity index (χ4n) is 7.79. The van der Waals surface area contributed by atoms with E-state index in [0.717, 1.165) is 36.0 Å². The van der Waals surface area contributed by atoms with Gasteiger partial charge in [-0.2, -0.15) is 0 Å². The van der Waals surface area contributed by atoms with Gasteiger partial charge < -0.3 is 10.2 Å². The minimum absolute atomic E-state index is 0.317. The van der Waals surface area contributed by atoms with Crippen molar-refractivity contribution in [1.29, 1.82) is 0 Å². The highest BCUT2D eigenvalue weighted by Gasteiger charge is 2.50. The molecule has 3 aliphatic rings. The van der Waals surface area contributed by atoms with Gasteiger partial charge in [-0.3, -0.25) is 4.79 Å². The molecule has 4 rings (SSSR count). The van der Waals surface area contributed by atoms with Crippen LogP contribution >= 0.6 is 0 Å². The molecule has 0 unspecified atom stereocenters. The van der Waals surface area contributed by atoms with Gasteiger partial charge >= 0.3 is 0 Å². The van der Waals surface area contributed by atoms with E-state index in [4.69, 9.17) is 0 Å². The van der Waals surface area contributed by atoms with Crippen molar-refractivity contribution in [2.45, 2.75) is 110 Å². The van der Waals surface area contributed by atoms with Crippen molar-refractivity contribution < 1.29 is 15.0 Å². The van der Waals surface area contributed by atoms with Gasteiger partial charge in [-0.15, -0.1) is 0 Å². The maximum atomic E-state index is 13.1. The molecular weight excluding hydrogens is 456 g/mol. The highest BCUT2D eigenvalue weighted by atomic mass is 16.3. The number of aliphatic hydroxyl groups is 2. The maximum Gasteiger partial charge on any atom is 0.142 e. The van der Waals surface area contributed by atoms with E-state index in [2.05, 4.69) is 58.6 Å². The first-order chi connectivity index (χ1) is 17.5. The summed E-state index contributed by atoms with van der Waals surface area (Å²) in [6.07, 6.45) is 13.2. The second-order valence-corrected chi connectivity index (χ2v) is 12.9. The molecule has 3 heteroatoms. The van der Waals surface area contributed by atoms with Gasteiger partial charge in [0.05, 0.1) is 12.2 Å². The maximum absolute atomic E-state index is 13.1. The third-order valence-corrected chi connectivity index (χ3v) is 10.2. The summed E-state index contributed by atoms with van der Waals surface area (Å²) in [5.41, 5.74) is 4.30. The molecule has 0 amide bonds. The number of carbonyl (C=O) groups excluding carboxylic acids is 1. The standard InChI is InChI=1S/C34H48O3/c1-23(11-9-15-32(37)33(3,4)27-13-7-6-8-14-27)29-18-19-30-25(12-10-20-34(29,30)5)16-17-26-21-28(35)22-31(36)24(26)2/h6-8,13-14,16-17,23,28-31,35-36H,2,9-12,15,18-22H2,1,3-5H3/b25-16+,26-17-/t23-,28-,29-,30+,31+,34-/m1/s1. The fourth-order valence-corrected chi connectivity index (χ4v) is 7.79. The summed E-state index contributed by atoms with van der Waals surface area (Å²) in [7, 11) is 0. The van der Waals surface area contributed by atoms with Crippen molar-refractivity contribution in [1.82, 2.24) is 0 Å². The molecule has 3 fully saturated rings. The summed E-state index contributed by atoms with van der Waals surface area (Å²) >= 11 is 0. The largest absolute Gasteiger partial charge is 0.393 e. The van der Waals surface area contributed by atoms with Crippen LogP contribution in [-0.2, 0) is 10.2 Å². The van der Waals surface area contributed by atoms with Gasteiger partial charge in [0.25, 0.3) is 0 Å². The van der Waals surface area contributed by atoms with Gasteiger partial charge in [0.1, 0.15) is 5.78 Å². The second kappa shape index (κ2) is 11.4. The smallest absolute Gasteiger partial charge is 0.142 e. The lowest BCUT2D eigenvalue weighted by atomic mass is 9.60. The first kappa shape index (κ1) is 28.0. The number of hydrogen-bond acceptors (Lipinski definition) is 3. The number of benzene rings is 1. The Bertz CT molecular complexity index is 1030. The van der Waals surface area contributed by atoms with E-state index in [-0.39, 0.29) is 0 Å². The van der Waals surface area contributed by atoms with Crippen LogP contribution in [0.15, 0.2) is 65.8 Å². The molecule has 202 valence electrons. The third kappa shape index (κ3) is 5.88. The Labute approximate surface area is 224 Å². The number of carbonyl (C=O) groups is 1. The molecule has 0 bridgehead atoms. The highest BCUT2D eigenvalue weighted by Crippen LogP contribution is 2.60. The molecule has 1 aromatic carbocycles. The Kier molecular flexibility index (Phi) is 8.65. The predicted octanol–water partition coefficient (Wildman–Crippen LogP) is 7.48. The van der Waals surface area contributed by atoms with Crippen molar-refractivity contribution in [3.05, 3.63) is 71.3 Å². The van der Waals surface area contributed by atoms with Gasteiger partial charge in [0.2, 0.25) is 0 Å². The van der Waals surface area contributed by atoms with Crippen LogP contribution in [0.3, 0.4) is 0 Å². The monoisotopic (exact) mass is 504 g/mol. The van der Waals surface area contributed by atoms with Crippen molar-refractivity contribution in [3.63, 3.8) is 0 Å². The van der Waals surface area contributed by atoms with Gasteiger partial charge in [-0.1, -0.05) is 74.9 Å². The van der Waals surface area contributed by atoms with Crippen LogP contribution in [0.4, 0.5) is 0 Å². The lowest BCUT2D eigenvalue weighted by molar-refractivity contribution is -0.123. The summed E-state index contributed by atoms with van der Waals surface area (Å²) in [6, 6.07) is 10.2. The van der Waals surface area contributed by atoms with Crippen molar-refractivity contribution >= 4 is 5.78 Å². The number of fused-ring (bicyclic) bond motifs is 1. The molecule has 0 heterocycles. The molecule has 0 radical (unpaired) electrons. The SMILES string of the molecule is C=C1/C(=C\C=C2/CCC[C@]3(C)[C@@H]([C@H](C)CCCC(=O)C(C)(C)c4ccccc4)CC[C@@H]23)C[C@@H](O)C[C@@H]1O. The van der Waals surface area contributed by atoms with E-state index < -0.39 is 17.6 Å². The zero-order valence-electron chi connectivity index (χ0n) is 23.5. The minimum Gasteiger partial charge on any atom is -0.393 e. The molecule has 1 aromatic rings. The third-order valence-electron chi connectivity index (χ3n) is 10.2. The number of Topliss-reactive ketones (excluding diaryl/α,β-unsaturated/α-hetero) is 1. The van der Waals surface area contributed by atoms with Crippen molar-refractivity contribution in [3.8, 4) is 0 Å². The number of hydrogen-bond donors (Lipinski definition) is 2. The Hall–Kier alpha value is -1.97. The van der Waals surface area contributed by atoms with Gasteiger partial charge in [0.15, 0.2) is 0 Å².